The van der Waals surface area contributed by atoms with Gasteiger partial charge in [-0.05, 0) is 38.0 Å². The highest BCUT2D eigenvalue weighted by Crippen LogP contribution is 2.43. The summed E-state index contributed by atoms with van der Waals surface area (Å²) in [6, 6.07) is 6.48. The average Bonchev–Trinajstić information content (AvgIpc) is 2.32. The van der Waals surface area contributed by atoms with Crippen LogP contribution in [-0.4, -0.2) is 23.9 Å². The molecule has 0 amide bonds. The zero-order valence-electron chi connectivity index (χ0n) is 11.7. The number of nitrogens with one attached hydrogen (secondary N) is 1. The van der Waals surface area contributed by atoms with Crippen molar-refractivity contribution in [2.45, 2.75) is 46.3 Å². The van der Waals surface area contributed by atoms with E-state index in [9.17, 15) is 5.11 Å². The number of anilines is 1. The monoisotopic (exact) mass is 249 g/mol. The number of hydrogen-bond acceptors (Lipinski definition) is 3. The first-order valence-electron chi connectivity index (χ1n) is 6.63. The standard InChI is InChI=1S/C15H23NO2/c1-5-18-12-8-10(2)6-7-11(12)16-13-9-14(17)15(13,3)4/h6-8,13-14,16-17H,5,9H2,1-4H3. The molecule has 1 aliphatic carbocycles. The molecule has 1 aromatic rings. The minimum Gasteiger partial charge on any atom is -0.492 e. The van der Waals surface area contributed by atoms with Crippen LogP contribution < -0.4 is 10.1 Å². The zero-order chi connectivity index (χ0) is 13.3. The molecule has 0 aliphatic heterocycles. The van der Waals surface area contributed by atoms with E-state index in [1.54, 1.807) is 0 Å². The first-order valence-corrected chi connectivity index (χ1v) is 6.63. The van der Waals surface area contributed by atoms with Gasteiger partial charge in [-0.15, -0.1) is 0 Å². The predicted octanol–water partition coefficient (Wildman–Crippen LogP) is 2.97. The van der Waals surface area contributed by atoms with Gasteiger partial charge in [0.1, 0.15) is 5.75 Å². The summed E-state index contributed by atoms with van der Waals surface area (Å²) in [6.07, 6.45) is 0.586. The summed E-state index contributed by atoms with van der Waals surface area (Å²) >= 11 is 0. The lowest BCUT2D eigenvalue weighted by atomic mass is 9.64. The fourth-order valence-electron chi connectivity index (χ4n) is 2.36. The fraction of sp³-hybridized carbons (Fsp3) is 0.600. The van der Waals surface area contributed by atoms with Gasteiger partial charge in [-0.2, -0.15) is 0 Å². The van der Waals surface area contributed by atoms with Gasteiger partial charge in [-0.25, -0.2) is 0 Å². The van der Waals surface area contributed by atoms with Crippen molar-refractivity contribution < 1.29 is 9.84 Å². The van der Waals surface area contributed by atoms with Crippen LogP contribution in [0, 0.1) is 12.3 Å². The van der Waals surface area contributed by atoms with Gasteiger partial charge < -0.3 is 15.2 Å². The number of rotatable bonds is 4. The Balaban J connectivity index is 2.14. The van der Waals surface area contributed by atoms with E-state index in [-0.39, 0.29) is 11.5 Å². The van der Waals surface area contributed by atoms with E-state index in [0.717, 1.165) is 17.9 Å². The maximum Gasteiger partial charge on any atom is 0.142 e. The van der Waals surface area contributed by atoms with E-state index < -0.39 is 0 Å². The summed E-state index contributed by atoms with van der Waals surface area (Å²) in [5.41, 5.74) is 2.14. The molecule has 0 saturated heterocycles. The van der Waals surface area contributed by atoms with E-state index in [2.05, 4.69) is 38.2 Å². The van der Waals surface area contributed by atoms with Gasteiger partial charge in [0.25, 0.3) is 0 Å². The van der Waals surface area contributed by atoms with Gasteiger partial charge in [0.2, 0.25) is 0 Å². The molecular weight excluding hydrogens is 226 g/mol. The highest BCUT2D eigenvalue weighted by Gasteiger charge is 2.47. The second-order valence-corrected chi connectivity index (χ2v) is 5.70. The zero-order valence-corrected chi connectivity index (χ0v) is 11.7. The Morgan fingerprint density at radius 2 is 2.17 bits per heavy atom. The molecule has 18 heavy (non-hydrogen) atoms. The molecule has 1 aromatic carbocycles. The van der Waals surface area contributed by atoms with Crippen molar-refractivity contribution in [3.05, 3.63) is 23.8 Å². The molecule has 0 bridgehead atoms. The largest absolute Gasteiger partial charge is 0.492 e. The Morgan fingerprint density at radius 1 is 1.44 bits per heavy atom. The molecule has 1 aliphatic rings. The molecule has 2 unspecified atom stereocenters. The lowest BCUT2D eigenvalue weighted by Gasteiger charge is -2.50. The smallest absolute Gasteiger partial charge is 0.142 e. The van der Waals surface area contributed by atoms with Crippen molar-refractivity contribution in [3.8, 4) is 5.75 Å². The number of aliphatic hydroxyl groups is 1. The third-order valence-electron chi connectivity index (χ3n) is 3.98. The van der Waals surface area contributed by atoms with Gasteiger partial charge >= 0.3 is 0 Å². The third-order valence-corrected chi connectivity index (χ3v) is 3.98. The summed E-state index contributed by atoms with van der Waals surface area (Å²) in [5.74, 6) is 0.898. The fourth-order valence-corrected chi connectivity index (χ4v) is 2.36. The molecule has 3 nitrogen and oxygen atoms in total. The van der Waals surface area contributed by atoms with Gasteiger partial charge in [0.05, 0.1) is 18.4 Å². The van der Waals surface area contributed by atoms with Crippen molar-refractivity contribution in [3.63, 3.8) is 0 Å². The first-order chi connectivity index (χ1) is 8.45. The summed E-state index contributed by atoms with van der Waals surface area (Å²) in [7, 11) is 0. The van der Waals surface area contributed by atoms with E-state index >= 15 is 0 Å². The van der Waals surface area contributed by atoms with Crippen LogP contribution in [0.4, 0.5) is 5.69 Å². The number of aliphatic hydroxyl groups excluding tert-OH is 1. The maximum atomic E-state index is 9.77. The SMILES string of the molecule is CCOc1cc(C)ccc1NC1CC(O)C1(C)C. The molecule has 1 saturated carbocycles. The van der Waals surface area contributed by atoms with Crippen LogP contribution in [0.5, 0.6) is 5.75 Å². The Labute approximate surface area is 109 Å². The second kappa shape index (κ2) is 4.81. The van der Waals surface area contributed by atoms with Gasteiger partial charge in [0, 0.05) is 11.5 Å². The van der Waals surface area contributed by atoms with Crippen LogP contribution in [0.15, 0.2) is 18.2 Å². The minimum absolute atomic E-state index is 0.0750. The normalized spacial score (nSPS) is 25.4. The summed E-state index contributed by atoms with van der Waals surface area (Å²) in [5, 5.41) is 13.3. The van der Waals surface area contributed by atoms with Crippen molar-refractivity contribution in [2.24, 2.45) is 5.41 Å². The van der Waals surface area contributed by atoms with Crippen LogP contribution >= 0.6 is 0 Å². The van der Waals surface area contributed by atoms with Gasteiger partial charge in [-0.1, -0.05) is 19.9 Å². The Morgan fingerprint density at radius 3 is 2.72 bits per heavy atom. The number of ether oxygens (including phenoxy) is 1. The molecule has 100 valence electrons. The molecule has 3 heteroatoms. The van der Waals surface area contributed by atoms with Gasteiger partial charge in [0.15, 0.2) is 0 Å². The first kappa shape index (κ1) is 13.2. The lowest BCUT2D eigenvalue weighted by Crippen LogP contribution is -2.56. The molecule has 2 N–H and O–H groups in total. The minimum atomic E-state index is -0.212. The van der Waals surface area contributed by atoms with Crippen molar-refractivity contribution in [1.29, 1.82) is 0 Å². The van der Waals surface area contributed by atoms with E-state index in [1.165, 1.54) is 5.56 Å². The van der Waals surface area contributed by atoms with Crippen LogP contribution in [-0.2, 0) is 0 Å². The third kappa shape index (κ3) is 2.32. The average molecular weight is 249 g/mol. The number of benzene rings is 1. The van der Waals surface area contributed by atoms with Crippen LogP contribution in [0.3, 0.4) is 0 Å². The Bertz CT molecular complexity index is 429. The second-order valence-electron chi connectivity index (χ2n) is 5.70. The molecule has 0 spiro atoms. The Hall–Kier alpha value is -1.22. The molecule has 0 heterocycles. The van der Waals surface area contributed by atoms with Crippen LogP contribution in [0.2, 0.25) is 0 Å². The number of hydrogen-bond donors (Lipinski definition) is 2. The molecule has 0 radical (unpaired) electrons. The van der Waals surface area contributed by atoms with Crippen LogP contribution in [0.25, 0.3) is 0 Å². The molecule has 0 aromatic heterocycles. The maximum absolute atomic E-state index is 9.77. The molecular formula is C15H23NO2. The van der Waals surface area contributed by atoms with Crippen molar-refractivity contribution >= 4 is 5.69 Å². The summed E-state index contributed by atoms with van der Waals surface area (Å²) < 4.78 is 5.66. The van der Waals surface area contributed by atoms with Crippen molar-refractivity contribution in [2.75, 3.05) is 11.9 Å². The van der Waals surface area contributed by atoms with E-state index in [0.29, 0.717) is 12.6 Å². The highest BCUT2D eigenvalue weighted by molar-refractivity contribution is 5.58. The van der Waals surface area contributed by atoms with E-state index in [1.807, 2.05) is 13.0 Å². The summed E-state index contributed by atoms with van der Waals surface area (Å²) in [6.45, 7) is 8.89. The van der Waals surface area contributed by atoms with Gasteiger partial charge in [-0.3, -0.25) is 0 Å². The topological polar surface area (TPSA) is 41.5 Å². The van der Waals surface area contributed by atoms with Crippen LogP contribution in [0.1, 0.15) is 32.8 Å². The lowest BCUT2D eigenvalue weighted by molar-refractivity contribution is -0.0511. The molecule has 2 rings (SSSR count). The number of aryl methyl sites for hydroxylation is 1. The predicted molar refractivity (Wildman–Crippen MR) is 74.2 cm³/mol. The Kier molecular flexibility index (Phi) is 3.53. The molecule has 1 fully saturated rings. The van der Waals surface area contributed by atoms with Crippen molar-refractivity contribution in [1.82, 2.24) is 0 Å². The van der Waals surface area contributed by atoms with E-state index in [4.69, 9.17) is 4.74 Å². The highest BCUT2D eigenvalue weighted by atomic mass is 16.5. The summed E-state index contributed by atoms with van der Waals surface area (Å²) in [4.78, 5) is 0. The molecule has 2 atom stereocenters. The quantitative estimate of drug-likeness (QED) is 0.862.